The van der Waals surface area contributed by atoms with Gasteiger partial charge in [0.25, 0.3) is 0 Å². The lowest BCUT2D eigenvalue weighted by Gasteiger charge is -2.14. The van der Waals surface area contributed by atoms with Crippen molar-refractivity contribution in [2.24, 2.45) is 0 Å². The van der Waals surface area contributed by atoms with Gasteiger partial charge in [-0.15, -0.1) is 0 Å². The highest BCUT2D eigenvalue weighted by Gasteiger charge is 2.32. The Balaban J connectivity index is 1.47. The number of nitrogens with zero attached hydrogens (tertiary/aromatic N) is 1. The summed E-state index contributed by atoms with van der Waals surface area (Å²) in [7, 11) is 0. The van der Waals surface area contributed by atoms with Crippen molar-refractivity contribution in [3.05, 3.63) is 66.0 Å². The van der Waals surface area contributed by atoms with Crippen molar-refractivity contribution < 1.29 is 18.7 Å². The van der Waals surface area contributed by atoms with Crippen LogP contribution in [-0.2, 0) is 9.53 Å². The van der Waals surface area contributed by atoms with Gasteiger partial charge < -0.3 is 10.1 Å². The Hall–Kier alpha value is -2.89. The van der Waals surface area contributed by atoms with Crippen LogP contribution in [0.5, 0.6) is 0 Å². The number of benzene rings is 2. The number of hydrogen-bond donors (Lipinski definition) is 1. The van der Waals surface area contributed by atoms with Gasteiger partial charge in [0.15, 0.2) is 0 Å². The Morgan fingerprint density at radius 1 is 1.23 bits per heavy atom. The smallest absolute Gasteiger partial charge is 0.414 e. The summed E-state index contributed by atoms with van der Waals surface area (Å²) in [6.45, 7) is 2.58. The maximum absolute atomic E-state index is 13.0. The number of amides is 2. The van der Waals surface area contributed by atoms with Crippen molar-refractivity contribution in [1.29, 1.82) is 0 Å². The SMILES string of the molecule is CC(CC(=O)NCC1CN(c2ccccc2)C(=O)O1)c1ccc(F)cc1. The Morgan fingerprint density at radius 2 is 1.92 bits per heavy atom. The topological polar surface area (TPSA) is 58.6 Å². The number of carbonyl (C=O) groups excluding carboxylic acids is 2. The van der Waals surface area contributed by atoms with Crippen LogP contribution >= 0.6 is 0 Å². The van der Waals surface area contributed by atoms with Gasteiger partial charge in [-0.05, 0) is 35.7 Å². The van der Waals surface area contributed by atoms with Crippen LogP contribution in [0.1, 0.15) is 24.8 Å². The number of hydrogen-bond acceptors (Lipinski definition) is 3. The van der Waals surface area contributed by atoms with Crippen molar-refractivity contribution in [3.8, 4) is 0 Å². The normalized spacial score (nSPS) is 17.7. The molecule has 0 aliphatic carbocycles. The molecule has 2 atom stereocenters. The van der Waals surface area contributed by atoms with Crippen molar-refractivity contribution in [1.82, 2.24) is 5.32 Å². The second kappa shape index (κ2) is 7.99. The minimum atomic E-state index is -0.407. The summed E-state index contributed by atoms with van der Waals surface area (Å²) in [5.74, 6) is -0.449. The zero-order chi connectivity index (χ0) is 18.5. The molecule has 1 aliphatic rings. The van der Waals surface area contributed by atoms with Crippen LogP contribution in [-0.4, -0.2) is 31.2 Å². The predicted octanol–water partition coefficient (Wildman–Crippen LogP) is 3.46. The third-order valence-corrected chi connectivity index (χ3v) is 4.40. The van der Waals surface area contributed by atoms with Gasteiger partial charge in [0.1, 0.15) is 11.9 Å². The Morgan fingerprint density at radius 3 is 2.62 bits per heavy atom. The van der Waals surface area contributed by atoms with Crippen molar-refractivity contribution >= 4 is 17.7 Å². The number of carbonyl (C=O) groups is 2. The molecule has 2 aromatic carbocycles. The number of anilines is 1. The average Bonchev–Trinajstić information content (AvgIpc) is 3.02. The van der Waals surface area contributed by atoms with Crippen LogP contribution in [0.15, 0.2) is 54.6 Å². The van der Waals surface area contributed by atoms with E-state index in [0.29, 0.717) is 6.54 Å². The molecule has 1 heterocycles. The molecule has 2 unspecified atom stereocenters. The van der Waals surface area contributed by atoms with Crippen LogP contribution in [0.25, 0.3) is 0 Å². The molecular formula is C20H21FN2O3. The van der Waals surface area contributed by atoms with Crippen LogP contribution in [0.3, 0.4) is 0 Å². The van der Waals surface area contributed by atoms with E-state index in [9.17, 15) is 14.0 Å². The first kappa shape index (κ1) is 17.9. The standard InChI is InChI=1S/C20H21FN2O3/c1-14(15-7-9-16(21)10-8-15)11-19(24)22-12-18-13-23(20(25)26-18)17-5-3-2-4-6-17/h2-10,14,18H,11-13H2,1H3,(H,22,24). The number of halogens is 1. The second-order valence-corrected chi connectivity index (χ2v) is 6.41. The van der Waals surface area contributed by atoms with Gasteiger partial charge in [0.2, 0.25) is 5.91 Å². The predicted molar refractivity (Wildman–Crippen MR) is 96.5 cm³/mol. The first-order chi connectivity index (χ1) is 12.5. The van der Waals surface area contributed by atoms with Crippen molar-refractivity contribution in [3.63, 3.8) is 0 Å². The first-order valence-corrected chi connectivity index (χ1v) is 8.58. The fourth-order valence-corrected chi connectivity index (χ4v) is 2.93. The second-order valence-electron chi connectivity index (χ2n) is 6.41. The molecule has 0 bridgehead atoms. The third-order valence-electron chi connectivity index (χ3n) is 4.40. The van der Waals surface area contributed by atoms with E-state index in [4.69, 9.17) is 4.74 Å². The van der Waals surface area contributed by atoms with Gasteiger partial charge in [0.05, 0.1) is 13.1 Å². The average molecular weight is 356 g/mol. The van der Waals surface area contributed by atoms with E-state index >= 15 is 0 Å². The van der Waals surface area contributed by atoms with E-state index in [2.05, 4.69) is 5.32 Å². The molecule has 1 saturated heterocycles. The molecule has 2 aromatic rings. The summed E-state index contributed by atoms with van der Waals surface area (Å²) in [4.78, 5) is 25.7. The molecule has 1 N–H and O–H groups in total. The fourth-order valence-electron chi connectivity index (χ4n) is 2.93. The van der Waals surface area contributed by atoms with Gasteiger partial charge in [-0.25, -0.2) is 9.18 Å². The van der Waals surface area contributed by atoms with E-state index in [0.717, 1.165) is 11.3 Å². The van der Waals surface area contributed by atoms with Gasteiger partial charge in [-0.2, -0.15) is 0 Å². The Bertz CT molecular complexity index is 764. The maximum atomic E-state index is 13.0. The Labute approximate surface area is 151 Å². The molecule has 1 fully saturated rings. The third kappa shape index (κ3) is 4.39. The minimum absolute atomic E-state index is 0.0254. The summed E-state index contributed by atoms with van der Waals surface area (Å²) in [5.41, 5.74) is 1.68. The van der Waals surface area contributed by atoms with E-state index in [1.54, 1.807) is 17.0 Å². The minimum Gasteiger partial charge on any atom is -0.442 e. The van der Waals surface area contributed by atoms with Crippen LogP contribution in [0.4, 0.5) is 14.9 Å². The molecule has 6 heteroatoms. The largest absolute Gasteiger partial charge is 0.442 e. The zero-order valence-electron chi connectivity index (χ0n) is 14.5. The number of cyclic esters (lactones) is 1. The van der Waals surface area contributed by atoms with E-state index in [-0.39, 0.29) is 36.7 Å². The molecule has 26 heavy (non-hydrogen) atoms. The quantitative estimate of drug-likeness (QED) is 0.862. The van der Waals surface area contributed by atoms with Gasteiger partial charge >= 0.3 is 6.09 Å². The van der Waals surface area contributed by atoms with Gasteiger partial charge in [0, 0.05) is 12.1 Å². The van der Waals surface area contributed by atoms with Gasteiger partial charge in [-0.1, -0.05) is 37.3 Å². The highest BCUT2D eigenvalue weighted by Crippen LogP contribution is 2.21. The highest BCUT2D eigenvalue weighted by atomic mass is 19.1. The molecule has 0 radical (unpaired) electrons. The summed E-state index contributed by atoms with van der Waals surface area (Å²) < 4.78 is 18.3. The summed E-state index contributed by atoms with van der Waals surface area (Å²) in [5, 5.41) is 2.81. The lowest BCUT2D eigenvalue weighted by atomic mass is 9.97. The lowest BCUT2D eigenvalue weighted by Crippen LogP contribution is -2.35. The molecule has 0 aromatic heterocycles. The zero-order valence-corrected chi connectivity index (χ0v) is 14.5. The van der Waals surface area contributed by atoms with Crippen molar-refractivity contribution in [2.45, 2.75) is 25.4 Å². The first-order valence-electron chi connectivity index (χ1n) is 8.58. The van der Waals surface area contributed by atoms with E-state index in [1.807, 2.05) is 37.3 Å². The Kier molecular flexibility index (Phi) is 5.51. The number of ether oxygens (including phenoxy) is 1. The van der Waals surface area contributed by atoms with Crippen LogP contribution in [0.2, 0.25) is 0 Å². The number of nitrogens with one attached hydrogen (secondary N) is 1. The van der Waals surface area contributed by atoms with E-state index in [1.165, 1.54) is 12.1 Å². The van der Waals surface area contributed by atoms with E-state index < -0.39 is 6.09 Å². The lowest BCUT2D eigenvalue weighted by molar-refractivity contribution is -0.121. The molecule has 3 rings (SSSR count). The fraction of sp³-hybridized carbons (Fsp3) is 0.300. The summed E-state index contributed by atoms with van der Waals surface area (Å²) in [6, 6.07) is 15.4. The molecule has 5 nitrogen and oxygen atoms in total. The van der Waals surface area contributed by atoms with Gasteiger partial charge in [-0.3, -0.25) is 9.69 Å². The number of para-hydroxylation sites is 1. The molecule has 136 valence electrons. The molecule has 0 spiro atoms. The molecule has 0 saturated carbocycles. The number of rotatable bonds is 6. The van der Waals surface area contributed by atoms with Crippen LogP contribution in [0, 0.1) is 5.82 Å². The molecular weight excluding hydrogens is 335 g/mol. The highest BCUT2D eigenvalue weighted by molar-refractivity contribution is 5.89. The molecule has 2 amide bonds. The monoisotopic (exact) mass is 356 g/mol. The summed E-state index contributed by atoms with van der Waals surface area (Å²) in [6.07, 6.45) is -0.503. The summed E-state index contributed by atoms with van der Waals surface area (Å²) >= 11 is 0. The van der Waals surface area contributed by atoms with Crippen LogP contribution < -0.4 is 10.2 Å². The van der Waals surface area contributed by atoms with Crippen molar-refractivity contribution in [2.75, 3.05) is 18.0 Å². The molecule has 1 aliphatic heterocycles. The maximum Gasteiger partial charge on any atom is 0.414 e.